The van der Waals surface area contributed by atoms with Crippen LogP contribution in [-0.2, 0) is 29.3 Å². The minimum atomic E-state index is 0. The molecule has 0 aromatic heterocycles. The number of unbranched alkanes of at least 4 members (excludes halogenated alkanes) is 6. The molecule has 0 amide bonds. The van der Waals surface area contributed by atoms with Crippen molar-refractivity contribution in [3.63, 3.8) is 0 Å². The first kappa shape index (κ1) is 39.0. The fourth-order valence-corrected chi connectivity index (χ4v) is 4.91. The molecule has 0 N–H and O–H groups in total. The number of hydrogen-bond acceptors (Lipinski definition) is 0. The Kier molecular flexibility index (Phi) is 23.7. The molecule has 0 bridgehead atoms. The van der Waals surface area contributed by atoms with Crippen molar-refractivity contribution in [3.05, 3.63) is 102 Å². The van der Waals surface area contributed by atoms with Crippen LogP contribution in [0.5, 0.6) is 0 Å². The standard InChI is InChI=1S/C34H48N2.2CH3.Ni/c1-5-9-13-18-29-20-16-23-31(26-29)34(30-22-15-19-28(25-30)17-11-7-3)33(24-14-10-6-2)32(27-36-35)21-12-8-4;;;/h15-16,19-20,22-23,25-26H,5-14,17-18,21,24H2,1-4H3;2*1H3;/q;2*-1;+2. The molecule has 0 unspecified atom stereocenters. The first-order chi connectivity index (χ1) is 17.7. The molecule has 39 heavy (non-hydrogen) atoms. The van der Waals surface area contributed by atoms with Crippen LogP contribution >= 0.6 is 0 Å². The zero-order valence-electron chi connectivity index (χ0n) is 25.7. The number of nitrogens with zero attached hydrogens (tertiary/aromatic N) is 2. The monoisotopic (exact) mass is 572 g/mol. The maximum atomic E-state index is 9.56. The quantitative estimate of drug-likeness (QED) is 0.0343. The van der Waals surface area contributed by atoms with E-state index in [0.29, 0.717) is 0 Å². The fraction of sp³-hybridized carbons (Fsp3) is 0.500. The number of aryl methyl sites for hydroxylation is 2. The van der Waals surface area contributed by atoms with E-state index in [1.165, 1.54) is 78.3 Å². The van der Waals surface area contributed by atoms with Crippen molar-refractivity contribution in [2.45, 2.75) is 118 Å². The number of hydrogen-bond donors (Lipinski definition) is 0. The first-order valence-corrected chi connectivity index (χ1v) is 14.6. The summed E-state index contributed by atoms with van der Waals surface area (Å²) >= 11 is 0. The molecule has 0 radical (unpaired) electrons. The maximum absolute atomic E-state index is 9.56. The Morgan fingerprint density at radius 1 is 0.667 bits per heavy atom. The number of rotatable bonds is 17. The van der Waals surface area contributed by atoms with Gasteiger partial charge in [-0.15, -0.1) is 4.79 Å². The molecular formula is C36H54N2Ni. The van der Waals surface area contributed by atoms with Gasteiger partial charge < -0.3 is 20.4 Å². The Labute approximate surface area is 252 Å². The molecule has 3 heteroatoms. The van der Waals surface area contributed by atoms with E-state index in [1.54, 1.807) is 0 Å². The molecule has 0 aliphatic carbocycles. The second kappa shape index (κ2) is 23.7. The van der Waals surface area contributed by atoms with Gasteiger partial charge in [-0.1, -0.05) is 115 Å². The van der Waals surface area contributed by atoms with Gasteiger partial charge in [-0.2, -0.15) is 0 Å². The average molecular weight is 574 g/mol. The molecule has 2 nitrogen and oxygen atoms in total. The summed E-state index contributed by atoms with van der Waals surface area (Å²) in [5.41, 5.74) is 18.6. The van der Waals surface area contributed by atoms with Crippen LogP contribution in [0.15, 0.2) is 59.7 Å². The Hall–Kier alpha value is -2.17. The minimum absolute atomic E-state index is 0. The number of allylic oxidation sites excluding steroid dienone is 2. The normalized spacial score (nSPS) is 10.7. The van der Waals surface area contributed by atoms with Crippen molar-refractivity contribution < 1.29 is 21.3 Å². The molecule has 218 valence electrons. The van der Waals surface area contributed by atoms with E-state index >= 15 is 0 Å². The SMILES string of the molecule is CCCCCC(C(=C=[N+]=[N-])CCCC)=C(c1cccc(CCCC)c1)c1cccc(CCCCC)c1.[CH3-].[CH3-].[Ni+2]. The van der Waals surface area contributed by atoms with Gasteiger partial charge >= 0.3 is 22.4 Å². The summed E-state index contributed by atoms with van der Waals surface area (Å²) in [7, 11) is 0. The van der Waals surface area contributed by atoms with Gasteiger partial charge in [0.15, 0.2) is 0 Å². The van der Waals surface area contributed by atoms with Gasteiger partial charge in [0.1, 0.15) is 0 Å². The molecule has 0 atom stereocenters. The molecular weight excluding hydrogens is 519 g/mol. The second-order valence-corrected chi connectivity index (χ2v) is 10.1. The van der Waals surface area contributed by atoms with Crippen LogP contribution in [-0.4, -0.2) is 10.7 Å². The van der Waals surface area contributed by atoms with Crippen LogP contribution < -0.4 is 0 Å². The van der Waals surface area contributed by atoms with Crippen molar-refractivity contribution in [1.82, 2.24) is 0 Å². The van der Waals surface area contributed by atoms with Crippen LogP contribution in [0.4, 0.5) is 0 Å². The van der Waals surface area contributed by atoms with Crippen molar-refractivity contribution >= 4 is 11.4 Å². The summed E-state index contributed by atoms with van der Waals surface area (Å²) in [6, 6.07) is 18.3. The summed E-state index contributed by atoms with van der Waals surface area (Å²) in [5, 5.41) is 0. The van der Waals surface area contributed by atoms with Gasteiger partial charge in [0.2, 0.25) is 0 Å². The van der Waals surface area contributed by atoms with Crippen molar-refractivity contribution in [2.24, 2.45) is 0 Å². The first-order valence-electron chi connectivity index (χ1n) is 14.6. The molecule has 0 fully saturated rings. The Morgan fingerprint density at radius 3 is 1.69 bits per heavy atom. The number of benzene rings is 2. The maximum Gasteiger partial charge on any atom is 2.00 e. The largest absolute Gasteiger partial charge is 2.00 e. The molecule has 0 aliphatic heterocycles. The van der Waals surface area contributed by atoms with E-state index in [4.69, 9.17) is 0 Å². The van der Waals surface area contributed by atoms with Crippen LogP contribution in [0.25, 0.3) is 11.1 Å². The van der Waals surface area contributed by atoms with E-state index in [-0.39, 0.29) is 31.3 Å². The van der Waals surface area contributed by atoms with E-state index in [1.807, 2.05) is 0 Å². The van der Waals surface area contributed by atoms with Crippen molar-refractivity contribution in [2.75, 3.05) is 0 Å². The zero-order chi connectivity index (χ0) is 26.0. The predicted molar refractivity (Wildman–Crippen MR) is 169 cm³/mol. The van der Waals surface area contributed by atoms with Crippen LogP contribution in [0.1, 0.15) is 127 Å². The molecule has 0 saturated carbocycles. The van der Waals surface area contributed by atoms with Crippen molar-refractivity contribution in [1.29, 1.82) is 0 Å². The topological polar surface area (TPSA) is 36.4 Å². The summed E-state index contributed by atoms with van der Waals surface area (Å²) < 4.78 is 0. The zero-order valence-corrected chi connectivity index (χ0v) is 26.7. The van der Waals surface area contributed by atoms with Crippen LogP contribution in [0.2, 0.25) is 0 Å². The summed E-state index contributed by atoms with van der Waals surface area (Å²) in [6.45, 7) is 8.98. The van der Waals surface area contributed by atoms with Crippen LogP contribution in [0.3, 0.4) is 0 Å². The molecule has 0 spiro atoms. The summed E-state index contributed by atoms with van der Waals surface area (Å²) in [5.74, 6) is 3.01. The van der Waals surface area contributed by atoms with Gasteiger partial charge in [0, 0.05) is 0 Å². The van der Waals surface area contributed by atoms with E-state index in [9.17, 15) is 5.53 Å². The predicted octanol–water partition coefficient (Wildman–Crippen LogP) is 11.1. The van der Waals surface area contributed by atoms with E-state index in [0.717, 1.165) is 50.5 Å². The van der Waals surface area contributed by atoms with Crippen LogP contribution in [0, 0.1) is 14.9 Å². The van der Waals surface area contributed by atoms with Gasteiger partial charge in [0.25, 0.3) is 0 Å². The van der Waals surface area contributed by atoms with E-state index < -0.39 is 0 Å². The molecule has 2 rings (SSSR count). The molecule has 0 saturated heterocycles. The fourth-order valence-electron chi connectivity index (χ4n) is 4.91. The molecule has 0 heterocycles. The van der Waals surface area contributed by atoms with Gasteiger partial charge in [-0.25, -0.2) is 0 Å². The smallest absolute Gasteiger partial charge is 0.358 e. The van der Waals surface area contributed by atoms with Crippen molar-refractivity contribution in [3.8, 4) is 0 Å². The summed E-state index contributed by atoms with van der Waals surface area (Å²) in [4.78, 5) is 3.41. The third kappa shape index (κ3) is 13.6. The third-order valence-electron chi connectivity index (χ3n) is 6.98. The second-order valence-electron chi connectivity index (χ2n) is 10.1. The Bertz CT molecular complexity index is 1040. The molecule has 2 aromatic carbocycles. The minimum Gasteiger partial charge on any atom is -0.358 e. The molecule has 0 aliphatic rings. The van der Waals surface area contributed by atoms with Gasteiger partial charge in [-0.3, -0.25) is 0 Å². The summed E-state index contributed by atoms with van der Waals surface area (Å²) in [6.07, 6.45) is 15.9. The van der Waals surface area contributed by atoms with Gasteiger partial charge in [-0.05, 0) is 84.8 Å². The van der Waals surface area contributed by atoms with Gasteiger partial charge in [0.05, 0.1) is 5.57 Å². The molecule has 2 aromatic rings. The van der Waals surface area contributed by atoms with E-state index in [2.05, 4.69) is 86.9 Å². The third-order valence-corrected chi connectivity index (χ3v) is 6.98. The Balaban J connectivity index is 0. The average Bonchev–Trinajstić information content (AvgIpc) is 2.90. The Morgan fingerprint density at radius 2 is 1.18 bits per heavy atom.